The second kappa shape index (κ2) is 4.52. The molecule has 5 rings (SSSR count). The number of fused-ring (bicyclic) bond motifs is 4. The van der Waals surface area contributed by atoms with Crippen LogP contribution in [0.15, 0.2) is 24.4 Å². The first-order chi connectivity index (χ1) is 11.8. The molecule has 2 fully saturated rings. The van der Waals surface area contributed by atoms with Crippen molar-refractivity contribution in [3.05, 3.63) is 35.5 Å². The van der Waals surface area contributed by atoms with Crippen molar-refractivity contribution in [2.75, 3.05) is 0 Å². The molecule has 1 aromatic carbocycles. The molecule has 0 saturated carbocycles. The van der Waals surface area contributed by atoms with Crippen LogP contribution in [0.2, 0.25) is 0 Å². The second-order valence-electron chi connectivity index (χ2n) is 8.35. The van der Waals surface area contributed by atoms with Crippen molar-refractivity contribution in [1.29, 1.82) is 0 Å². The Morgan fingerprint density at radius 2 is 2.08 bits per heavy atom. The molecule has 2 saturated heterocycles. The van der Waals surface area contributed by atoms with Gasteiger partial charge in [-0.05, 0) is 50.3 Å². The lowest BCUT2D eigenvalue weighted by Gasteiger charge is -2.37. The number of rotatable bonds is 1. The summed E-state index contributed by atoms with van der Waals surface area (Å²) < 4.78 is 0. The van der Waals surface area contributed by atoms with E-state index in [9.17, 15) is 14.7 Å². The number of aromatic amines is 1. The van der Waals surface area contributed by atoms with E-state index in [0.717, 1.165) is 17.5 Å². The minimum Gasteiger partial charge on any atom is -0.392 e. The Labute approximate surface area is 146 Å². The number of aliphatic hydroxyl groups excluding tert-OH is 1. The first-order valence-electron chi connectivity index (χ1n) is 8.98. The Morgan fingerprint density at radius 3 is 2.80 bits per heavy atom. The molecule has 1 aliphatic carbocycles. The molecule has 3 aliphatic rings. The minimum atomic E-state index is -0.943. The van der Waals surface area contributed by atoms with E-state index < -0.39 is 23.6 Å². The van der Waals surface area contributed by atoms with E-state index in [-0.39, 0.29) is 23.5 Å². The van der Waals surface area contributed by atoms with Crippen LogP contribution in [0.1, 0.15) is 37.8 Å². The lowest BCUT2D eigenvalue weighted by atomic mass is 9.68. The minimum absolute atomic E-state index is 0.00106. The molecule has 25 heavy (non-hydrogen) atoms. The lowest BCUT2D eigenvalue weighted by Crippen LogP contribution is -2.47. The van der Waals surface area contributed by atoms with E-state index in [1.165, 1.54) is 17.9 Å². The molecule has 5 heteroatoms. The maximum absolute atomic E-state index is 13.1. The van der Waals surface area contributed by atoms with Crippen LogP contribution in [0.25, 0.3) is 10.9 Å². The molecule has 2 N–H and O–H groups in total. The topological polar surface area (TPSA) is 73.4 Å². The van der Waals surface area contributed by atoms with Gasteiger partial charge in [0, 0.05) is 28.6 Å². The standard InChI is InChI=1S/C20H22N2O3/c1-9(23)14-18(24)17-16-11-8-21-13-6-4-5-10(15(11)13)7-12(16)20(2,3)22(17)19(14)25/h4-6,8-9,12,14,16-17,21,23H,7H2,1-3H3/t9?,12-,14?,16+,17+/m0/s1. The molecule has 0 radical (unpaired) electrons. The van der Waals surface area contributed by atoms with Crippen molar-refractivity contribution >= 4 is 22.6 Å². The van der Waals surface area contributed by atoms with Crippen LogP contribution in [0.5, 0.6) is 0 Å². The maximum Gasteiger partial charge on any atom is 0.236 e. The number of aromatic nitrogens is 1. The third kappa shape index (κ3) is 1.62. The number of amides is 1. The van der Waals surface area contributed by atoms with E-state index >= 15 is 0 Å². The zero-order valence-corrected chi connectivity index (χ0v) is 14.6. The first-order valence-corrected chi connectivity index (χ1v) is 8.98. The Hall–Kier alpha value is -2.14. The van der Waals surface area contributed by atoms with Gasteiger partial charge in [-0.3, -0.25) is 9.59 Å². The van der Waals surface area contributed by atoms with E-state index in [1.54, 1.807) is 4.90 Å². The molecule has 0 bridgehead atoms. The molecule has 130 valence electrons. The van der Waals surface area contributed by atoms with Gasteiger partial charge in [0.1, 0.15) is 5.92 Å². The number of H-pyrrole nitrogens is 1. The summed E-state index contributed by atoms with van der Waals surface area (Å²) in [7, 11) is 0. The summed E-state index contributed by atoms with van der Waals surface area (Å²) in [6.07, 6.45) is 1.94. The fraction of sp³-hybridized carbons (Fsp3) is 0.500. The Bertz CT molecular complexity index is 926. The summed E-state index contributed by atoms with van der Waals surface area (Å²) in [6, 6.07) is 5.80. The monoisotopic (exact) mass is 338 g/mol. The van der Waals surface area contributed by atoms with Crippen LogP contribution in [0.4, 0.5) is 0 Å². The zero-order valence-electron chi connectivity index (χ0n) is 14.6. The van der Waals surface area contributed by atoms with Gasteiger partial charge in [0.15, 0.2) is 5.78 Å². The third-order valence-electron chi connectivity index (χ3n) is 6.79. The zero-order chi connectivity index (χ0) is 17.7. The Balaban J connectivity index is 1.73. The van der Waals surface area contributed by atoms with Gasteiger partial charge in [0.25, 0.3) is 0 Å². The highest BCUT2D eigenvalue weighted by Crippen LogP contribution is 2.57. The normalized spacial score (nSPS) is 33.7. The van der Waals surface area contributed by atoms with Crippen molar-refractivity contribution in [2.45, 2.75) is 50.8 Å². The van der Waals surface area contributed by atoms with E-state index in [0.29, 0.717) is 0 Å². The summed E-state index contributed by atoms with van der Waals surface area (Å²) >= 11 is 0. The van der Waals surface area contributed by atoms with Gasteiger partial charge in [0.2, 0.25) is 5.91 Å². The number of hydrogen-bond acceptors (Lipinski definition) is 3. The van der Waals surface area contributed by atoms with Crippen LogP contribution in [-0.4, -0.2) is 44.4 Å². The average molecular weight is 338 g/mol. The number of nitrogens with zero attached hydrogens (tertiary/aromatic N) is 1. The summed E-state index contributed by atoms with van der Waals surface area (Å²) in [6.45, 7) is 5.67. The SMILES string of the molecule is CC(O)C1C(=O)[C@H]2[C@@H]3c4c[nH]c5cccc(c45)C[C@@H]3C(C)(C)N2C1=O. The van der Waals surface area contributed by atoms with Gasteiger partial charge in [-0.1, -0.05) is 12.1 Å². The van der Waals surface area contributed by atoms with Gasteiger partial charge < -0.3 is 15.0 Å². The fourth-order valence-corrected chi connectivity index (χ4v) is 5.70. The highest BCUT2D eigenvalue weighted by molar-refractivity contribution is 6.12. The van der Waals surface area contributed by atoms with Crippen LogP contribution < -0.4 is 0 Å². The first kappa shape index (κ1) is 15.1. The van der Waals surface area contributed by atoms with Crippen molar-refractivity contribution in [1.82, 2.24) is 9.88 Å². The van der Waals surface area contributed by atoms with Gasteiger partial charge in [-0.25, -0.2) is 0 Å². The van der Waals surface area contributed by atoms with Crippen LogP contribution >= 0.6 is 0 Å². The van der Waals surface area contributed by atoms with Crippen LogP contribution in [-0.2, 0) is 16.0 Å². The number of carbonyl (C=O) groups excluding carboxylic acids is 2. The van der Waals surface area contributed by atoms with Crippen LogP contribution in [0, 0.1) is 11.8 Å². The molecule has 2 aliphatic heterocycles. The van der Waals surface area contributed by atoms with Gasteiger partial charge in [-0.2, -0.15) is 0 Å². The Kier molecular flexibility index (Phi) is 2.74. The smallest absolute Gasteiger partial charge is 0.236 e. The largest absolute Gasteiger partial charge is 0.392 e. The molecule has 2 aromatic rings. The molecular weight excluding hydrogens is 316 g/mol. The van der Waals surface area contributed by atoms with Gasteiger partial charge >= 0.3 is 0 Å². The van der Waals surface area contributed by atoms with Crippen molar-refractivity contribution < 1.29 is 14.7 Å². The molecule has 2 unspecified atom stereocenters. The number of aliphatic hydroxyl groups is 1. The molecule has 5 nitrogen and oxygen atoms in total. The molecular formula is C20H22N2O3. The number of Topliss-reactive ketones (excluding diaryl/α,β-unsaturated/α-hetero) is 1. The summed E-state index contributed by atoms with van der Waals surface area (Å²) in [4.78, 5) is 31.2. The average Bonchev–Trinajstić information content (AvgIpc) is 3.14. The molecule has 1 amide bonds. The summed E-state index contributed by atoms with van der Waals surface area (Å²) in [5.41, 5.74) is 3.11. The van der Waals surface area contributed by atoms with Crippen molar-refractivity contribution in [3.8, 4) is 0 Å². The quantitative estimate of drug-likeness (QED) is 0.781. The molecule has 5 atom stereocenters. The Morgan fingerprint density at radius 1 is 1.32 bits per heavy atom. The highest BCUT2D eigenvalue weighted by atomic mass is 16.3. The number of carbonyl (C=O) groups is 2. The summed E-state index contributed by atoms with van der Waals surface area (Å²) in [5.74, 6) is -1.04. The predicted molar refractivity (Wildman–Crippen MR) is 93.1 cm³/mol. The number of hydrogen-bond donors (Lipinski definition) is 2. The number of nitrogens with one attached hydrogen (secondary N) is 1. The van der Waals surface area contributed by atoms with E-state index in [2.05, 4.69) is 37.0 Å². The van der Waals surface area contributed by atoms with Gasteiger partial charge in [-0.15, -0.1) is 0 Å². The fourth-order valence-electron chi connectivity index (χ4n) is 5.70. The van der Waals surface area contributed by atoms with Crippen molar-refractivity contribution in [2.24, 2.45) is 11.8 Å². The van der Waals surface area contributed by atoms with Gasteiger partial charge in [0.05, 0.1) is 12.1 Å². The van der Waals surface area contributed by atoms with Crippen molar-refractivity contribution in [3.63, 3.8) is 0 Å². The lowest BCUT2D eigenvalue weighted by molar-refractivity contribution is -0.139. The molecule has 1 aromatic heterocycles. The predicted octanol–water partition coefficient (Wildman–Crippen LogP) is 1.99. The highest BCUT2D eigenvalue weighted by Gasteiger charge is 2.66. The van der Waals surface area contributed by atoms with E-state index in [4.69, 9.17) is 0 Å². The molecule has 3 heterocycles. The number of ketones is 1. The molecule has 0 spiro atoms. The van der Waals surface area contributed by atoms with E-state index in [1.807, 2.05) is 6.20 Å². The third-order valence-corrected chi connectivity index (χ3v) is 6.79. The second-order valence-corrected chi connectivity index (χ2v) is 8.35. The maximum atomic E-state index is 13.1. The number of benzene rings is 1. The summed E-state index contributed by atoms with van der Waals surface area (Å²) in [5, 5.41) is 11.2. The van der Waals surface area contributed by atoms with Crippen LogP contribution in [0.3, 0.4) is 0 Å².